The first-order chi connectivity index (χ1) is 19.4. The van der Waals surface area contributed by atoms with E-state index in [1.165, 1.54) is 81.0 Å². The van der Waals surface area contributed by atoms with Gasteiger partial charge in [-0.3, -0.25) is 4.98 Å². The maximum absolute atomic E-state index is 4.98. The highest BCUT2D eigenvalue weighted by atomic mass is 32.1. The average molecular weight is 532 g/mol. The second kappa shape index (κ2) is 8.36. The summed E-state index contributed by atoms with van der Waals surface area (Å²) in [4.78, 5) is 6.30. The van der Waals surface area contributed by atoms with Gasteiger partial charge in [-0.2, -0.15) is 0 Å². The standard InChI is InChI=1S/C38H29NS/c1-22-27-17-18-39-35(26-19-24-9-5-6-12-28(24)33(21-26)38(2,3)4)37(27)40-36(22)25-15-16-29-30-13-7-10-23-11-8-14-31(34(23)30)32(29)20-25/h5-21H,1-4H3. The van der Waals surface area contributed by atoms with Crippen molar-refractivity contribution in [3.8, 4) is 44.0 Å². The number of hydrogen-bond acceptors (Lipinski definition) is 2. The number of aryl methyl sites for hydroxylation is 1. The molecule has 0 saturated carbocycles. The van der Waals surface area contributed by atoms with E-state index in [1.807, 2.05) is 17.5 Å². The lowest BCUT2D eigenvalue weighted by Gasteiger charge is -2.22. The van der Waals surface area contributed by atoms with Crippen LogP contribution >= 0.6 is 11.3 Å². The predicted octanol–water partition coefficient (Wildman–Crippen LogP) is 11.2. The van der Waals surface area contributed by atoms with E-state index in [2.05, 4.69) is 125 Å². The minimum absolute atomic E-state index is 0.0326. The van der Waals surface area contributed by atoms with Gasteiger partial charge in [0.05, 0.1) is 10.4 Å². The van der Waals surface area contributed by atoms with Gasteiger partial charge < -0.3 is 0 Å². The van der Waals surface area contributed by atoms with Crippen LogP contribution < -0.4 is 0 Å². The maximum atomic E-state index is 4.98. The van der Waals surface area contributed by atoms with Crippen molar-refractivity contribution >= 4 is 43.0 Å². The first kappa shape index (κ1) is 23.6. The number of thiophene rings is 1. The molecule has 0 spiro atoms. The molecule has 1 aliphatic rings. The van der Waals surface area contributed by atoms with Crippen molar-refractivity contribution in [3.63, 3.8) is 0 Å². The Kier molecular flexibility index (Phi) is 4.94. The highest BCUT2D eigenvalue weighted by Gasteiger charge is 2.24. The Labute approximate surface area is 238 Å². The van der Waals surface area contributed by atoms with E-state index in [0.29, 0.717) is 0 Å². The maximum Gasteiger partial charge on any atom is 0.0880 e. The molecule has 7 aromatic rings. The van der Waals surface area contributed by atoms with E-state index in [0.717, 1.165) is 5.69 Å². The van der Waals surface area contributed by atoms with Gasteiger partial charge in [-0.1, -0.05) is 93.6 Å². The summed E-state index contributed by atoms with van der Waals surface area (Å²) in [7, 11) is 0. The zero-order valence-electron chi connectivity index (χ0n) is 23.2. The van der Waals surface area contributed by atoms with E-state index in [4.69, 9.17) is 4.98 Å². The first-order valence-electron chi connectivity index (χ1n) is 14.0. The largest absolute Gasteiger partial charge is 0.255 e. The Morgan fingerprint density at radius 3 is 2.17 bits per heavy atom. The second-order valence-electron chi connectivity index (χ2n) is 12.1. The number of benzene rings is 5. The molecule has 0 radical (unpaired) electrons. The molecule has 1 nitrogen and oxygen atoms in total. The van der Waals surface area contributed by atoms with Crippen molar-refractivity contribution in [2.24, 2.45) is 0 Å². The third-order valence-corrected chi connectivity index (χ3v) is 9.93. The Bertz CT molecular complexity index is 2150. The van der Waals surface area contributed by atoms with Crippen LogP contribution in [0.25, 0.3) is 75.6 Å². The lowest BCUT2D eigenvalue weighted by atomic mass is 9.82. The van der Waals surface area contributed by atoms with Crippen LogP contribution in [-0.2, 0) is 5.41 Å². The van der Waals surface area contributed by atoms with Crippen molar-refractivity contribution in [3.05, 3.63) is 114 Å². The topological polar surface area (TPSA) is 12.9 Å². The van der Waals surface area contributed by atoms with Crippen molar-refractivity contribution in [2.75, 3.05) is 0 Å². The van der Waals surface area contributed by atoms with Gasteiger partial charge in [0.2, 0.25) is 0 Å². The number of nitrogens with zero attached hydrogens (tertiary/aromatic N) is 1. The van der Waals surface area contributed by atoms with Crippen molar-refractivity contribution in [1.29, 1.82) is 0 Å². The minimum Gasteiger partial charge on any atom is -0.255 e. The fourth-order valence-electron chi connectivity index (χ4n) is 6.63. The molecule has 8 rings (SSSR count). The molecule has 2 aromatic heterocycles. The summed E-state index contributed by atoms with van der Waals surface area (Å²) in [5.41, 5.74) is 11.6. The summed E-state index contributed by atoms with van der Waals surface area (Å²) in [6.45, 7) is 9.16. The number of rotatable bonds is 2. The molecule has 0 N–H and O–H groups in total. The van der Waals surface area contributed by atoms with E-state index in [1.54, 1.807) is 0 Å². The molecule has 0 bridgehead atoms. The van der Waals surface area contributed by atoms with Gasteiger partial charge in [0.25, 0.3) is 0 Å². The lowest BCUT2D eigenvalue weighted by Crippen LogP contribution is -2.12. The Hall–Kier alpha value is -4.27. The second-order valence-corrected chi connectivity index (χ2v) is 13.1. The highest BCUT2D eigenvalue weighted by molar-refractivity contribution is 7.23. The summed E-state index contributed by atoms with van der Waals surface area (Å²) in [6.07, 6.45) is 1.98. The van der Waals surface area contributed by atoms with Crippen LogP contribution in [0.1, 0.15) is 31.9 Å². The molecule has 0 unspecified atom stereocenters. The molecule has 2 heterocycles. The van der Waals surface area contributed by atoms with Gasteiger partial charge in [0.1, 0.15) is 0 Å². The fourth-order valence-corrected chi connectivity index (χ4v) is 7.94. The fraction of sp³-hybridized carbons (Fsp3) is 0.132. The van der Waals surface area contributed by atoms with Crippen molar-refractivity contribution in [2.45, 2.75) is 33.1 Å². The highest BCUT2D eigenvalue weighted by Crippen LogP contribution is 2.50. The van der Waals surface area contributed by atoms with Gasteiger partial charge >= 0.3 is 0 Å². The van der Waals surface area contributed by atoms with E-state index < -0.39 is 0 Å². The SMILES string of the molecule is Cc1c(-c2ccc3c(c2)-c2cccc4cccc-3c24)sc2c(-c3cc(C(C)(C)C)c4ccccc4c3)nccc12. The van der Waals surface area contributed by atoms with Crippen LogP contribution in [-0.4, -0.2) is 4.98 Å². The van der Waals surface area contributed by atoms with Gasteiger partial charge in [-0.25, -0.2) is 0 Å². The molecule has 0 fully saturated rings. The van der Waals surface area contributed by atoms with Crippen molar-refractivity contribution < 1.29 is 0 Å². The predicted molar refractivity (Wildman–Crippen MR) is 173 cm³/mol. The van der Waals surface area contributed by atoms with Crippen LogP contribution in [0, 0.1) is 6.92 Å². The van der Waals surface area contributed by atoms with E-state index in [-0.39, 0.29) is 5.41 Å². The molecule has 0 atom stereocenters. The van der Waals surface area contributed by atoms with Crippen LogP contribution in [0.3, 0.4) is 0 Å². The molecule has 0 saturated heterocycles. The van der Waals surface area contributed by atoms with Gasteiger partial charge in [0, 0.05) is 16.6 Å². The van der Waals surface area contributed by atoms with Crippen LogP contribution in [0.15, 0.2) is 103 Å². The Morgan fingerprint density at radius 2 is 1.38 bits per heavy atom. The summed E-state index contributed by atoms with van der Waals surface area (Å²) in [5, 5.41) is 6.57. The van der Waals surface area contributed by atoms with Crippen LogP contribution in [0.4, 0.5) is 0 Å². The number of fused-ring (bicyclic) bond motifs is 5. The molecule has 0 amide bonds. The van der Waals surface area contributed by atoms with Gasteiger partial charge in [-0.15, -0.1) is 11.3 Å². The van der Waals surface area contributed by atoms with Gasteiger partial charge in [0.15, 0.2) is 0 Å². The van der Waals surface area contributed by atoms with E-state index in [9.17, 15) is 0 Å². The minimum atomic E-state index is 0.0326. The molecule has 40 heavy (non-hydrogen) atoms. The molecule has 2 heteroatoms. The summed E-state index contributed by atoms with van der Waals surface area (Å²) in [6, 6.07) is 36.0. The first-order valence-corrected chi connectivity index (χ1v) is 14.8. The molecule has 192 valence electrons. The molecule has 0 aliphatic heterocycles. The monoisotopic (exact) mass is 531 g/mol. The summed E-state index contributed by atoms with van der Waals surface area (Å²) < 4.78 is 1.26. The summed E-state index contributed by atoms with van der Waals surface area (Å²) in [5.74, 6) is 0. The Balaban J connectivity index is 1.32. The third-order valence-electron chi connectivity index (χ3n) is 8.56. The number of pyridine rings is 1. The molecule has 5 aromatic carbocycles. The van der Waals surface area contributed by atoms with Crippen molar-refractivity contribution in [1.82, 2.24) is 4.98 Å². The number of hydrogen-bond donors (Lipinski definition) is 0. The lowest BCUT2D eigenvalue weighted by molar-refractivity contribution is 0.596. The smallest absolute Gasteiger partial charge is 0.0880 e. The summed E-state index contributed by atoms with van der Waals surface area (Å²) >= 11 is 1.88. The molecular weight excluding hydrogens is 502 g/mol. The van der Waals surface area contributed by atoms with Crippen LogP contribution in [0.5, 0.6) is 0 Å². The third kappa shape index (κ3) is 3.36. The zero-order valence-corrected chi connectivity index (χ0v) is 24.0. The molecule has 1 aliphatic carbocycles. The quantitative estimate of drug-likeness (QED) is 0.216. The van der Waals surface area contributed by atoms with Gasteiger partial charge in [-0.05, 0) is 102 Å². The van der Waals surface area contributed by atoms with Crippen LogP contribution in [0.2, 0.25) is 0 Å². The number of aromatic nitrogens is 1. The van der Waals surface area contributed by atoms with E-state index >= 15 is 0 Å². The average Bonchev–Trinajstić information content (AvgIpc) is 3.48. The normalized spacial score (nSPS) is 12.5. The Morgan fingerprint density at radius 1 is 0.625 bits per heavy atom. The zero-order chi connectivity index (χ0) is 27.2. The molecular formula is C38H29NS.